The van der Waals surface area contributed by atoms with E-state index in [4.69, 9.17) is 0 Å². The van der Waals surface area contributed by atoms with Gasteiger partial charge in [-0.15, -0.1) is 11.3 Å². The molecule has 3 heterocycles. The second-order valence-electron chi connectivity index (χ2n) is 7.45. The number of hydrogen-bond donors (Lipinski definition) is 0. The van der Waals surface area contributed by atoms with Crippen molar-refractivity contribution in [3.63, 3.8) is 0 Å². The van der Waals surface area contributed by atoms with E-state index in [0.29, 0.717) is 5.56 Å². The van der Waals surface area contributed by atoms with Crippen LogP contribution in [0, 0.1) is 0 Å². The minimum absolute atomic E-state index is 0.0676. The molecule has 0 radical (unpaired) electrons. The van der Waals surface area contributed by atoms with Crippen molar-refractivity contribution in [3.05, 3.63) is 65.2 Å². The normalized spacial score (nSPS) is 15.6. The van der Waals surface area contributed by atoms with E-state index < -0.39 is 0 Å². The number of piperidine rings is 1. The van der Waals surface area contributed by atoms with Crippen LogP contribution >= 0.6 is 11.3 Å². The van der Waals surface area contributed by atoms with Crippen LogP contribution in [0.25, 0.3) is 10.6 Å². The number of hydrogen-bond acceptors (Lipinski definition) is 4. The third kappa shape index (κ3) is 4.03. The van der Waals surface area contributed by atoms with E-state index in [0.717, 1.165) is 43.0 Å². The van der Waals surface area contributed by atoms with Gasteiger partial charge in [0.15, 0.2) is 0 Å². The van der Waals surface area contributed by atoms with Gasteiger partial charge in [-0.05, 0) is 29.9 Å². The van der Waals surface area contributed by atoms with Crippen molar-refractivity contribution in [2.24, 2.45) is 7.05 Å². The van der Waals surface area contributed by atoms with Crippen LogP contribution in [0.15, 0.2) is 54.0 Å². The number of aryl methyl sites for hydroxylation is 1. The van der Waals surface area contributed by atoms with E-state index in [9.17, 15) is 4.79 Å². The summed E-state index contributed by atoms with van der Waals surface area (Å²) in [5, 5.41) is 6.55. The molecule has 0 bridgehead atoms. The molecule has 1 aliphatic rings. The maximum absolute atomic E-state index is 13.2. The van der Waals surface area contributed by atoms with Gasteiger partial charge in [0.1, 0.15) is 5.69 Å². The average Bonchev–Trinajstić information content (AvgIpc) is 3.38. The quantitative estimate of drug-likeness (QED) is 0.659. The second-order valence-corrected chi connectivity index (χ2v) is 8.40. The van der Waals surface area contributed by atoms with Gasteiger partial charge >= 0.3 is 0 Å². The lowest BCUT2D eigenvalue weighted by atomic mass is 10.0. The Balaban J connectivity index is 1.40. The molecule has 0 aliphatic carbocycles. The van der Waals surface area contributed by atoms with Crippen LogP contribution in [0.2, 0.25) is 0 Å². The molecule has 1 fully saturated rings. The maximum Gasteiger partial charge on any atom is 0.257 e. The second kappa shape index (κ2) is 8.29. The predicted octanol–water partition coefficient (Wildman–Crippen LogP) is 3.89. The topological polar surface area (TPSA) is 41.4 Å². The smallest absolute Gasteiger partial charge is 0.257 e. The highest BCUT2D eigenvalue weighted by Gasteiger charge is 2.28. The molecule has 28 heavy (non-hydrogen) atoms. The molecule has 1 aromatic carbocycles. The van der Waals surface area contributed by atoms with Gasteiger partial charge in [-0.1, -0.05) is 36.4 Å². The fourth-order valence-electron chi connectivity index (χ4n) is 3.90. The lowest BCUT2D eigenvalue weighted by Gasteiger charge is -2.36. The van der Waals surface area contributed by atoms with Gasteiger partial charge in [-0.2, -0.15) is 5.10 Å². The monoisotopic (exact) mass is 394 g/mol. The molecule has 6 heteroatoms. The fraction of sp³-hybridized carbons (Fsp3) is 0.364. The minimum Gasteiger partial charge on any atom is -0.339 e. The van der Waals surface area contributed by atoms with Crippen molar-refractivity contribution >= 4 is 17.2 Å². The van der Waals surface area contributed by atoms with Crippen LogP contribution < -0.4 is 0 Å². The van der Waals surface area contributed by atoms with E-state index in [2.05, 4.69) is 40.3 Å². The molecule has 0 atom stereocenters. The first-order valence-corrected chi connectivity index (χ1v) is 10.6. The summed E-state index contributed by atoms with van der Waals surface area (Å²) in [5.41, 5.74) is 2.83. The standard InChI is InChI=1S/C22H26N4OS/c1-24-16-19(21(23-24)20-9-6-14-28-20)22(27)25(2)18-10-12-26(13-11-18)15-17-7-4-3-5-8-17/h3-9,14,16,18H,10-13,15H2,1-2H3. The largest absolute Gasteiger partial charge is 0.339 e. The number of amides is 1. The molecule has 4 rings (SSSR count). The zero-order chi connectivity index (χ0) is 19.5. The van der Waals surface area contributed by atoms with Crippen molar-refractivity contribution in [1.29, 1.82) is 0 Å². The van der Waals surface area contributed by atoms with E-state index in [1.165, 1.54) is 5.56 Å². The van der Waals surface area contributed by atoms with Crippen molar-refractivity contribution in [2.45, 2.75) is 25.4 Å². The van der Waals surface area contributed by atoms with E-state index in [1.807, 2.05) is 42.7 Å². The molecule has 1 amide bonds. The molecule has 146 valence electrons. The molecule has 0 N–H and O–H groups in total. The van der Waals surface area contributed by atoms with Gasteiger partial charge in [0.2, 0.25) is 0 Å². The lowest BCUT2D eigenvalue weighted by Crippen LogP contribution is -2.45. The fourth-order valence-corrected chi connectivity index (χ4v) is 4.63. The molecule has 2 aromatic heterocycles. The van der Waals surface area contributed by atoms with Crippen molar-refractivity contribution < 1.29 is 4.79 Å². The summed E-state index contributed by atoms with van der Waals surface area (Å²) in [6.45, 7) is 3.01. The summed E-state index contributed by atoms with van der Waals surface area (Å²) >= 11 is 1.62. The number of carbonyl (C=O) groups excluding carboxylic acids is 1. The average molecular weight is 395 g/mol. The van der Waals surface area contributed by atoms with E-state index in [-0.39, 0.29) is 11.9 Å². The summed E-state index contributed by atoms with van der Waals surface area (Å²) in [6, 6.07) is 14.9. The maximum atomic E-state index is 13.2. The molecule has 0 spiro atoms. The number of thiophene rings is 1. The summed E-state index contributed by atoms with van der Waals surface area (Å²) in [7, 11) is 3.81. The van der Waals surface area contributed by atoms with Crippen LogP contribution in [0.4, 0.5) is 0 Å². The zero-order valence-electron chi connectivity index (χ0n) is 16.4. The Labute approximate surface area is 170 Å². The molecular formula is C22H26N4OS. The lowest BCUT2D eigenvalue weighted by molar-refractivity contribution is 0.0637. The van der Waals surface area contributed by atoms with E-state index in [1.54, 1.807) is 16.0 Å². The molecule has 1 aliphatic heterocycles. The van der Waals surface area contributed by atoms with E-state index >= 15 is 0 Å². The Morgan fingerprint density at radius 3 is 2.61 bits per heavy atom. The van der Waals surface area contributed by atoms with Gasteiger partial charge < -0.3 is 4.90 Å². The van der Waals surface area contributed by atoms with Crippen molar-refractivity contribution in [3.8, 4) is 10.6 Å². The molecular weight excluding hydrogens is 368 g/mol. The van der Waals surface area contributed by atoms with Crippen LogP contribution in [0.3, 0.4) is 0 Å². The number of rotatable bonds is 5. The summed E-state index contributed by atoms with van der Waals surface area (Å²) in [4.78, 5) is 18.6. The van der Waals surface area contributed by atoms with Crippen molar-refractivity contribution in [2.75, 3.05) is 20.1 Å². The Kier molecular flexibility index (Phi) is 5.59. The Bertz CT molecular complexity index is 911. The Morgan fingerprint density at radius 1 is 1.18 bits per heavy atom. The molecule has 1 saturated heterocycles. The van der Waals surface area contributed by atoms with Crippen LogP contribution in [0.1, 0.15) is 28.8 Å². The molecule has 0 saturated carbocycles. The highest BCUT2D eigenvalue weighted by Crippen LogP contribution is 2.28. The predicted molar refractivity (Wildman–Crippen MR) is 113 cm³/mol. The van der Waals surface area contributed by atoms with Gasteiger partial charge in [0, 0.05) is 46.0 Å². The van der Waals surface area contributed by atoms with Crippen LogP contribution in [0.5, 0.6) is 0 Å². The van der Waals surface area contributed by atoms with Crippen LogP contribution in [-0.4, -0.2) is 51.7 Å². The molecule has 3 aromatic rings. The summed E-state index contributed by atoms with van der Waals surface area (Å²) in [6.07, 6.45) is 3.85. The summed E-state index contributed by atoms with van der Waals surface area (Å²) < 4.78 is 1.73. The number of carbonyl (C=O) groups is 1. The Hall–Kier alpha value is -2.44. The number of nitrogens with zero attached hydrogens (tertiary/aromatic N) is 4. The van der Waals surface area contributed by atoms with Gasteiger partial charge in [-0.25, -0.2) is 0 Å². The minimum atomic E-state index is 0.0676. The molecule has 0 unspecified atom stereocenters. The first-order valence-electron chi connectivity index (χ1n) is 9.73. The number of benzene rings is 1. The van der Waals surface area contributed by atoms with Gasteiger partial charge in [0.05, 0.1) is 10.4 Å². The Morgan fingerprint density at radius 2 is 1.93 bits per heavy atom. The SMILES string of the molecule is CN(C(=O)c1cn(C)nc1-c1cccs1)C1CCN(Cc2ccccc2)CC1. The zero-order valence-corrected chi connectivity index (χ0v) is 17.2. The summed E-state index contributed by atoms with van der Waals surface area (Å²) in [5.74, 6) is 0.0676. The van der Waals surface area contributed by atoms with Gasteiger partial charge in [-0.3, -0.25) is 14.4 Å². The molecule has 5 nitrogen and oxygen atoms in total. The first kappa shape index (κ1) is 18.9. The third-order valence-corrected chi connectivity index (χ3v) is 6.36. The third-order valence-electron chi connectivity index (χ3n) is 5.49. The van der Waals surface area contributed by atoms with Crippen molar-refractivity contribution in [1.82, 2.24) is 19.6 Å². The highest BCUT2D eigenvalue weighted by molar-refractivity contribution is 7.13. The highest BCUT2D eigenvalue weighted by atomic mass is 32.1. The number of likely N-dealkylation sites (tertiary alicyclic amines) is 1. The van der Waals surface area contributed by atoms with Gasteiger partial charge in [0.25, 0.3) is 5.91 Å². The number of aromatic nitrogens is 2. The first-order chi connectivity index (χ1) is 13.6. The van der Waals surface area contributed by atoms with Crippen LogP contribution in [-0.2, 0) is 13.6 Å².